The van der Waals surface area contributed by atoms with Crippen LogP contribution < -0.4 is 10.5 Å². The summed E-state index contributed by atoms with van der Waals surface area (Å²) in [6, 6.07) is 17.1. The van der Waals surface area contributed by atoms with Gasteiger partial charge in [-0.05, 0) is 29.1 Å². The molecule has 6 heteroatoms. The van der Waals surface area contributed by atoms with Crippen LogP contribution in [0.2, 0.25) is 0 Å². The molecule has 0 spiro atoms. The molecule has 0 radical (unpaired) electrons. The maximum Gasteiger partial charge on any atom is 0.437 e. The van der Waals surface area contributed by atoms with Crippen LogP contribution in [0.5, 0.6) is 5.75 Å². The van der Waals surface area contributed by atoms with Crippen LogP contribution in [-0.4, -0.2) is 21.9 Å². The minimum absolute atomic E-state index is 0.218. The summed E-state index contributed by atoms with van der Waals surface area (Å²) in [7, 11) is 1.61. The van der Waals surface area contributed by atoms with Crippen LogP contribution in [0.15, 0.2) is 70.0 Å². The standard InChI is InChI=1S/C19H15N3O3/c1-24-15-8-6-13(7-9-15)12-22-19(23)25-18(21-22)17-16-5-3-2-4-14(16)10-11-20-17/h2-11H,12H2,1H3. The minimum Gasteiger partial charge on any atom is -0.497 e. The molecule has 0 aliphatic heterocycles. The van der Waals surface area contributed by atoms with Crippen molar-refractivity contribution in [2.24, 2.45) is 0 Å². The Labute approximate surface area is 143 Å². The summed E-state index contributed by atoms with van der Waals surface area (Å²) in [5, 5.41) is 6.22. The zero-order valence-corrected chi connectivity index (χ0v) is 13.5. The molecule has 0 N–H and O–H groups in total. The summed E-state index contributed by atoms with van der Waals surface area (Å²) in [5.41, 5.74) is 1.48. The number of nitrogens with zero attached hydrogens (tertiary/aromatic N) is 3. The van der Waals surface area contributed by atoms with Gasteiger partial charge in [-0.25, -0.2) is 4.79 Å². The third-order valence-corrected chi connectivity index (χ3v) is 3.97. The SMILES string of the molecule is COc1ccc(Cn2nc(-c3nccc4ccccc34)oc2=O)cc1. The lowest BCUT2D eigenvalue weighted by molar-refractivity contribution is 0.414. The van der Waals surface area contributed by atoms with Gasteiger partial charge in [-0.3, -0.25) is 4.98 Å². The molecule has 25 heavy (non-hydrogen) atoms. The number of aromatic nitrogens is 3. The molecule has 0 aliphatic carbocycles. The maximum absolute atomic E-state index is 12.2. The Morgan fingerprint density at radius 2 is 1.88 bits per heavy atom. The first-order valence-corrected chi connectivity index (χ1v) is 7.79. The van der Waals surface area contributed by atoms with Crippen LogP contribution in [0.25, 0.3) is 22.4 Å². The number of fused-ring (bicyclic) bond motifs is 1. The molecule has 0 saturated heterocycles. The van der Waals surface area contributed by atoms with E-state index in [4.69, 9.17) is 9.15 Å². The average molecular weight is 333 g/mol. The highest BCUT2D eigenvalue weighted by molar-refractivity contribution is 5.92. The fourth-order valence-electron chi connectivity index (χ4n) is 2.70. The van der Waals surface area contributed by atoms with Crippen LogP contribution in [0.1, 0.15) is 5.56 Å². The van der Waals surface area contributed by atoms with Gasteiger partial charge in [0.25, 0.3) is 5.89 Å². The molecule has 0 aliphatic rings. The van der Waals surface area contributed by atoms with Crippen LogP contribution in [0, 0.1) is 0 Å². The number of pyridine rings is 1. The molecular formula is C19H15N3O3. The first-order chi connectivity index (χ1) is 12.2. The zero-order valence-electron chi connectivity index (χ0n) is 13.5. The van der Waals surface area contributed by atoms with Crippen molar-refractivity contribution in [3.05, 3.63) is 76.9 Å². The summed E-state index contributed by atoms with van der Waals surface area (Å²) in [5.74, 6) is 0.466. The van der Waals surface area contributed by atoms with Crippen LogP contribution >= 0.6 is 0 Å². The van der Waals surface area contributed by atoms with Crippen molar-refractivity contribution >= 4 is 10.8 Å². The van der Waals surface area contributed by atoms with Gasteiger partial charge in [0.1, 0.15) is 11.4 Å². The van der Waals surface area contributed by atoms with E-state index < -0.39 is 5.76 Å². The Morgan fingerprint density at radius 3 is 2.68 bits per heavy atom. The highest BCUT2D eigenvalue weighted by Gasteiger charge is 2.14. The normalized spacial score (nSPS) is 10.9. The summed E-state index contributed by atoms with van der Waals surface area (Å²) in [6.07, 6.45) is 1.68. The second-order valence-electron chi connectivity index (χ2n) is 5.56. The van der Waals surface area contributed by atoms with Crippen molar-refractivity contribution in [1.82, 2.24) is 14.8 Å². The fraction of sp³-hybridized carbons (Fsp3) is 0.105. The Bertz CT molecular complexity index is 1080. The highest BCUT2D eigenvalue weighted by Crippen LogP contribution is 2.24. The van der Waals surface area contributed by atoms with Gasteiger partial charge in [-0.15, -0.1) is 5.10 Å². The van der Waals surface area contributed by atoms with Gasteiger partial charge in [-0.2, -0.15) is 4.68 Å². The van der Waals surface area contributed by atoms with Gasteiger partial charge >= 0.3 is 5.76 Å². The molecular weight excluding hydrogens is 318 g/mol. The first-order valence-electron chi connectivity index (χ1n) is 7.79. The summed E-state index contributed by atoms with van der Waals surface area (Å²) < 4.78 is 11.8. The summed E-state index contributed by atoms with van der Waals surface area (Å²) in [6.45, 7) is 0.317. The quantitative estimate of drug-likeness (QED) is 0.574. The van der Waals surface area contributed by atoms with E-state index in [1.54, 1.807) is 13.3 Å². The van der Waals surface area contributed by atoms with E-state index in [2.05, 4.69) is 10.1 Å². The Balaban J connectivity index is 1.71. The van der Waals surface area contributed by atoms with Gasteiger partial charge in [0.2, 0.25) is 0 Å². The second kappa shape index (κ2) is 6.24. The van der Waals surface area contributed by atoms with Gasteiger partial charge in [-0.1, -0.05) is 36.4 Å². The predicted molar refractivity (Wildman–Crippen MR) is 93.6 cm³/mol. The number of hydrogen-bond acceptors (Lipinski definition) is 5. The van der Waals surface area contributed by atoms with Crippen LogP contribution in [0.3, 0.4) is 0 Å². The highest BCUT2D eigenvalue weighted by atomic mass is 16.5. The Hall–Kier alpha value is -3.41. The van der Waals surface area contributed by atoms with Crippen LogP contribution in [0.4, 0.5) is 0 Å². The number of methoxy groups -OCH3 is 1. The van der Waals surface area contributed by atoms with E-state index >= 15 is 0 Å². The molecule has 0 unspecified atom stereocenters. The van der Waals surface area contributed by atoms with Crippen molar-refractivity contribution in [1.29, 1.82) is 0 Å². The van der Waals surface area contributed by atoms with E-state index in [0.717, 1.165) is 22.1 Å². The van der Waals surface area contributed by atoms with Crippen LogP contribution in [-0.2, 0) is 6.54 Å². The van der Waals surface area contributed by atoms with Gasteiger partial charge in [0.05, 0.1) is 13.7 Å². The predicted octanol–water partition coefficient (Wildman–Crippen LogP) is 3.11. The van der Waals surface area contributed by atoms with Gasteiger partial charge < -0.3 is 9.15 Å². The molecule has 2 aromatic carbocycles. The topological polar surface area (TPSA) is 70.2 Å². The Kier molecular flexibility index (Phi) is 3.78. The molecule has 2 aromatic heterocycles. The van der Waals surface area contributed by atoms with E-state index in [9.17, 15) is 4.79 Å². The summed E-state index contributed by atoms with van der Waals surface area (Å²) in [4.78, 5) is 16.5. The lowest BCUT2D eigenvalue weighted by Gasteiger charge is -2.02. The van der Waals surface area contributed by atoms with Crippen molar-refractivity contribution in [2.75, 3.05) is 7.11 Å². The van der Waals surface area contributed by atoms with Crippen molar-refractivity contribution < 1.29 is 9.15 Å². The van der Waals surface area contributed by atoms with Gasteiger partial charge in [0, 0.05) is 11.6 Å². The lowest BCUT2D eigenvalue weighted by atomic mass is 10.1. The number of benzene rings is 2. The smallest absolute Gasteiger partial charge is 0.437 e. The van der Waals surface area contributed by atoms with Crippen molar-refractivity contribution in [3.8, 4) is 17.3 Å². The average Bonchev–Trinajstić information content (AvgIpc) is 3.02. The fourth-order valence-corrected chi connectivity index (χ4v) is 2.70. The minimum atomic E-state index is -0.513. The molecule has 0 amide bonds. The molecule has 4 aromatic rings. The van der Waals surface area contributed by atoms with E-state index in [1.165, 1.54) is 4.68 Å². The molecule has 2 heterocycles. The molecule has 0 fully saturated rings. The number of ether oxygens (including phenoxy) is 1. The number of rotatable bonds is 4. The zero-order chi connectivity index (χ0) is 17.2. The molecule has 0 atom stereocenters. The second-order valence-corrected chi connectivity index (χ2v) is 5.56. The van der Waals surface area contributed by atoms with Crippen molar-refractivity contribution in [2.45, 2.75) is 6.54 Å². The van der Waals surface area contributed by atoms with E-state index in [0.29, 0.717) is 12.2 Å². The lowest BCUT2D eigenvalue weighted by Crippen LogP contribution is -2.16. The van der Waals surface area contributed by atoms with Crippen molar-refractivity contribution in [3.63, 3.8) is 0 Å². The first kappa shape index (κ1) is 15.1. The van der Waals surface area contributed by atoms with E-state index in [-0.39, 0.29) is 5.89 Å². The Morgan fingerprint density at radius 1 is 1.08 bits per heavy atom. The largest absolute Gasteiger partial charge is 0.497 e. The summed E-state index contributed by atoms with van der Waals surface area (Å²) >= 11 is 0. The molecule has 124 valence electrons. The van der Waals surface area contributed by atoms with Gasteiger partial charge in [0.15, 0.2) is 0 Å². The molecule has 6 nitrogen and oxygen atoms in total. The molecule has 0 saturated carbocycles. The number of hydrogen-bond donors (Lipinski definition) is 0. The molecule has 0 bridgehead atoms. The monoisotopic (exact) mass is 333 g/mol. The third kappa shape index (κ3) is 2.89. The third-order valence-electron chi connectivity index (χ3n) is 3.97. The molecule has 4 rings (SSSR count). The van der Waals surface area contributed by atoms with E-state index in [1.807, 2.05) is 54.6 Å². The maximum atomic E-state index is 12.2.